The van der Waals surface area contributed by atoms with Crippen molar-refractivity contribution in [3.8, 4) is 5.75 Å². The van der Waals surface area contributed by atoms with Crippen LogP contribution in [0.4, 0.5) is 0 Å². The Balaban J connectivity index is 1.72. The molecule has 2 amide bonds. The summed E-state index contributed by atoms with van der Waals surface area (Å²) >= 11 is 0. The molecule has 5 heteroatoms. The number of benzene rings is 1. The van der Waals surface area contributed by atoms with Gasteiger partial charge in [-0.15, -0.1) is 0 Å². The Morgan fingerprint density at radius 1 is 1.11 bits per heavy atom. The number of ether oxygens (including phenoxy) is 1. The summed E-state index contributed by atoms with van der Waals surface area (Å²) in [6.07, 6.45) is 4.89. The van der Waals surface area contributed by atoms with Gasteiger partial charge in [0.05, 0.1) is 0 Å². The minimum absolute atomic E-state index is 0.0292. The van der Waals surface area contributed by atoms with Gasteiger partial charge in [-0.2, -0.15) is 0 Å². The van der Waals surface area contributed by atoms with Crippen LogP contribution in [-0.2, 0) is 15.0 Å². The first kappa shape index (κ1) is 21.3. The van der Waals surface area contributed by atoms with Gasteiger partial charge in [-0.3, -0.25) is 9.59 Å². The van der Waals surface area contributed by atoms with Crippen LogP contribution in [0.1, 0.15) is 65.4 Å². The van der Waals surface area contributed by atoms with E-state index in [4.69, 9.17) is 4.74 Å². The fraction of sp³-hybridized carbons (Fsp3) is 0.636. The summed E-state index contributed by atoms with van der Waals surface area (Å²) in [6.45, 7) is 9.03. The normalized spacial score (nSPS) is 16.4. The minimum atomic E-state index is -0.589. The molecule has 0 radical (unpaired) electrons. The Bertz CT molecular complexity index is 631. The number of carbonyl (C=O) groups is 2. The third-order valence-corrected chi connectivity index (χ3v) is 5.08. The van der Waals surface area contributed by atoms with Gasteiger partial charge in [-0.25, -0.2) is 0 Å². The lowest BCUT2D eigenvalue weighted by molar-refractivity contribution is -0.128. The van der Waals surface area contributed by atoms with E-state index in [9.17, 15) is 9.59 Å². The van der Waals surface area contributed by atoms with Crippen LogP contribution < -0.4 is 15.4 Å². The highest BCUT2D eigenvalue weighted by Gasteiger charge is 2.21. The molecule has 27 heavy (non-hydrogen) atoms. The van der Waals surface area contributed by atoms with Crippen molar-refractivity contribution in [3.63, 3.8) is 0 Å². The Morgan fingerprint density at radius 2 is 1.78 bits per heavy atom. The molecular weight excluding hydrogens is 340 g/mol. The highest BCUT2D eigenvalue weighted by Crippen LogP contribution is 2.26. The quantitative estimate of drug-likeness (QED) is 0.717. The highest BCUT2D eigenvalue weighted by atomic mass is 16.5. The van der Waals surface area contributed by atoms with E-state index in [2.05, 4.69) is 37.5 Å². The lowest BCUT2D eigenvalue weighted by atomic mass is 9.87. The Kier molecular flexibility index (Phi) is 7.69. The summed E-state index contributed by atoms with van der Waals surface area (Å²) in [5, 5.41) is 5.75. The number of amides is 2. The summed E-state index contributed by atoms with van der Waals surface area (Å²) < 4.78 is 5.79. The molecule has 2 rings (SSSR count). The maximum absolute atomic E-state index is 12.2. The van der Waals surface area contributed by atoms with Crippen molar-refractivity contribution in [2.24, 2.45) is 5.92 Å². The van der Waals surface area contributed by atoms with E-state index in [0.29, 0.717) is 18.8 Å². The summed E-state index contributed by atoms with van der Waals surface area (Å²) in [5.74, 6) is 0.776. The number of hydrogen-bond acceptors (Lipinski definition) is 3. The number of nitrogens with one attached hydrogen (secondary N) is 2. The van der Waals surface area contributed by atoms with E-state index >= 15 is 0 Å². The fourth-order valence-electron chi connectivity index (χ4n) is 3.32. The molecule has 1 aromatic rings. The molecule has 0 bridgehead atoms. The molecule has 0 spiro atoms. The molecule has 1 atom stereocenters. The van der Waals surface area contributed by atoms with Crippen LogP contribution in [0.2, 0.25) is 0 Å². The summed E-state index contributed by atoms with van der Waals surface area (Å²) in [7, 11) is 0. The van der Waals surface area contributed by atoms with Crippen LogP contribution >= 0.6 is 0 Å². The molecule has 1 aromatic carbocycles. The lowest BCUT2D eigenvalue weighted by Gasteiger charge is -2.21. The maximum atomic E-state index is 12.2. The largest absolute Gasteiger partial charge is 0.481 e. The molecule has 1 aliphatic rings. The van der Waals surface area contributed by atoms with Gasteiger partial charge in [0.2, 0.25) is 5.91 Å². The van der Waals surface area contributed by atoms with Crippen LogP contribution in [0.25, 0.3) is 0 Å². The second-order valence-corrected chi connectivity index (χ2v) is 8.45. The van der Waals surface area contributed by atoms with Crippen molar-refractivity contribution >= 4 is 11.8 Å². The van der Waals surface area contributed by atoms with E-state index in [0.717, 1.165) is 31.2 Å². The Labute approximate surface area is 163 Å². The average molecular weight is 375 g/mol. The molecular formula is C22H34N2O3. The van der Waals surface area contributed by atoms with Crippen molar-refractivity contribution in [2.75, 3.05) is 13.1 Å². The second kappa shape index (κ2) is 9.77. The van der Waals surface area contributed by atoms with Crippen LogP contribution in [-0.4, -0.2) is 31.0 Å². The minimum Gasteiger partial charge on any atom is -0.481 e. The van der Waals surface area contributed by atoms with Gasteiger partial charge in [0, 0.05) is 19.0 Å². The fourth-order valence-corrected chi connectivity index (χ4v) is 3.32. The van der Waals surface area contributed by atoms with Crippen LogP contribution in [0, 0.1) is 5.92 Å². The first-order chi connectivity index (χ1) is 12.8. The lowest BCUT2D eigenvalue weighted by Crippen LogP contribution is -2.42. The van der Waals surface area contributed by atoms with E-state index < -0.39 is 6.10 Å². The van der Waals surface area contributed by atoms with E-state index in [1.165, 1.54) is 6.42 Å². The molecule has 150 valence electrons. The summed E-state index contributed by atoms with van der Waals surface area (Å²) in [4.78, 5) is 24.3. The molecule has 1 unspecified atom stereocenters. The topological polar surface area (TPSA) is 67.4 Å². The van der Waals surface area contributed by atoms with Crippen LogP contribution in [0.15, 0.2) is 24.3 Å². The number of hydrogen-bond donors (Lipinski definition) is 2. The van der Waals surface area contributed by atoms with Crippen molar-refractivity contribution < 1.29 is 14.3 Å². The van der Waals surface area contributed by atoms with Gasteiger partial charge in [0.25, 0.3) is 5.91 Å². The smallest absolute Gasteiger partial charge is 0.260 e. The highest BCUT2D eigenvalue weighted by molar-refractivity contribution is 5.81. The molecule has 0 aromatic heterocycles. The van der Waals surface area contributed by atoms with Gasteiger partial charge < -0.3 is 15.4 Å². The van der Waals surface area contributed by atoms with Crippen molar-refractivity contribution in [1.29, 1.82) is 0 Å². The van der Waals surface area contributed by atoms with Gasteiger partial charge in [0.15, 0.2) is 6.10 Å². The third kappa shape index (κ3) is 6.89. The summed E-state index contributed by atoms with van der Waals surface area (Å²) in [5.41, 5.74) is 1.19. The first-order valence-electron chi connectivity index (χ1n) is 10.1. The van der Waals surface area contributed by atoms with Crippen molar-refractivity contribution in [2.45, 2.75) is 71.3 Å². The molecule has 1 fully saturated rings. The van der Waals surface area contributed by atoms with E-state index in [1.807, 2.05) is 18.2 Å². The molecule has 0 aliphatic heterocycles. The Morgan fingerprint density at radius 3 is 2.44 bits per heavy atom. The van der Waals surface area contributed by atoms with E-state index in [-0.39, 0.29) is 23.1 Å². The molecule has 2 N–H and O–H groups in total. The van der Waals surface area contributed by atoms with E-state index in [1.54, 1.807) is 6.92 Å². The van der Waals surface area contributed by atoms with Gasteiger partial charge >= 0.3 is 0 Å². The van der Waals surface area contributed by atoms with Crippen molar-refractivity contribution in [1.82, 2.24) is 10.6 Å². The zero-order valence-corrected chi connectivity index (χ0v) is 17.1. The van der Waals surface area contributed by atoms with Gasteiger partial charge in [0.1, 0.15) is 5.75 Å². The standard InChI is InChI=1S/C22H34N2O3/c1-16(27-19-12-8-11-18(15-19)22(2,3)4)20(25)23-13-14-24-21(26)17-9-6-5-7-10-17/h8,11-12,15-17H,5-7,9-10,13-14H2,1-4H3,(H,23,25)(H,24,26). The third-order valence-electron chi connectivity index (χ3n) is 5.08. The molecule has 0 heterocycles. The Hall–Kier alpha value is -2.04. The molecule has 1 saturated carbocycles. The van der Waals surface area contributed by atoms with Crippen molar-refractivity contribution in [3.05, 3.63) is 29.8 Å². The zero-order valence-electron chi connectivity index (χ0n) is 17.1. The first-order valence-corrected chi connectivity index (χ1v) is 10.1. The molecule has 0 saturated heterocycles. The molecule has 1 aliphatic carbocycles. The van der Waals surface area contributed by atoms with Gasteiger partial charge in [-0.05, 0) is 42.9 Å². The maximum Gasteiger partial charge on any atom is 0.260 e. The summed E-state index contributed by atoms with van der Waals surface area (Å²) in [6, 6.07) is 7.85. The average Bonchev–Trinajstić information content (AvgIpc) is 2.65. The predicted octanol–water partition coefficient (Wildman–Crippen LogP) is 3.56. The number of carbonyl (C=O) groups excluding carboxylic acids is 2. The number of rotatable bonds is 7. The SMILES string of the molecule is CC(Oc1cccc(C(C)(C)C)c1)C(=O)NCCNC(=O)C1CCCCC1. The van der Waals surface area contributed by atoms with Crippen LogP contribution in [0.3, 0.4) is 0 Å². The zero-order chi connectivity index (χ0) is 19.9. The van der Waals surface area contributed by atoms with Crippen LogP contribution in [0.5, 0.6) is 5.75 Å². The van der Waals surface area contributed by atoms with Gasteiger partial charge in [-0.1, -0.05) is 52.2 Å². The predicted molar refractivity (Wildman–Crippen MR) is 108 cm³/mol. The molecule has 5 nitrogen and oxygen atoms in total. The monoisotopic (exact) mass is 374 g/mol. The second-order valence-electron chi connectivity index (χ2n) is 8.45.